The Bertz CT molecular complexity index is 342. The first-order chi connectivity index (χ1) is 7.15. The molecule has 1 aromatic rings. The van der Waals surface area contributed by atoms with Gasteiger partial charge in [-0.1, -0.05) is 35.0 Å². The first kappa shape index (κ1) is 11.2. The molecular formula is C13H18BrN. The minimum atomic E-state index is 0.750. The van der Waals surface area contributed by atoms with Crippen molar-refractivity contribution in [1.29, 1.82) is 0 Å². The molecule has 0 bridgehead atoms. The minimum absolute atomic E-state index is 0.750. The molecule has 0 saturated heterocycles. The second kappa shape index (κ2) is 4.67. The Labute approximate surface area is 100 Å². The van der Waals surface area contributed by atoms with E-state index in [4.69, 9.17) is 0 Å². The lowest BCUT2D eigenvalue weighted by Gasteiger charge is -2.33. The first-order valence-corrected chi connectivity index (χ1v) is 6.43. The molecule has 0 atom stereocenters. The van der Waals surface area contributed by atoms with Crippen LogP contribution in [0.1, 0.15) is 30.9 Å². The molecule has 15 heavy (non-hydrogen) atoms. The van der Waals surface area contributed by atoms with Gasteiger partial charge < -0.3 is 5.32 Å². The van der Waals surface area contributed by atoms with Gasteiger partial charge in [-0.3, -0.25) is 0 Å². The highest BCUT2D eigenvalue weighted by atomic mass is 79.9. The molecular weight excluding hydrogens is 250 g/mol. The highest BCUT2D eigenvalue weighted by molar-refractivity contribution is 9.10. The Morgan fingerprint density at radius 3 is 2.73 bits per heavy atom. The molecule has 0 radical (unpaired) electrons. The molecule has 0 unspecified atom stereocenters. The fourth-order valence-electron chi connectivity index (χ4n) is 2.08. The summed E-state index contributed by atoms with van der Waals surface area (Å²) in [7, 11) is 0. The lowest BCUT2D eigenvalue weighted by Crippen LogP contribution is -2.39. The average Bonchev–Trinajstić information content (AvgIpc) is 2.16. The molecule has 82 valence electrons. The summed E-state index contributed by atoms with van der Waals surface area (Å²) in [5.41, 5.74) is 2.67. The maximum atomic E-state index is 3.59. The van der Waals surface area contributed by atoms with Crippen LogP contribution in [0.25, 0.3) is 0 Å². The fraction of sp³-hybridized carbons (Fsp3) is 0.538. The lowest BCUT2D eigenvalue weighted by atomic mass is 9.82. The van der Waals surface area contributed by atoms with Crippen LogP contribution in [0.4, 0.5) is 0 Å². The quantitative estimate of drug-likeness (QED) is 0.882. The molecule has 1 aliphatic carbocycles. The molecule has 0 aromatic heterocycles. The van der Waals surface area contributed by atoms with Gasteiger partial charge in [-0.05, 0) is 42.9 Å². The second-order valence-corrected chi connectivity index (χ2v) is 5.59. The highest BCUT2D eigenvalue weighted by Crippen LogP contribution is 2.26. The van der Waals surface area contributed by atoms with E-state index in [9.17, 15) is 0 Å². The van der Waals surface area contributed by atoms with E-state index in [0.717, 1.165) is 18.5 Å². The third kappa shape index (κ3) is 2.82. The van der Waals surface area contributed by atoms with E-state index in [0.29, 0.717) is 0 Å². The van der Waals surface area contributed by atoms with E-state index in [1.807, 2.05) is 0 Å². The van der Waals surface area contributed by atoms with E-state index in [-0.39, 0.29) is 0 Å². The first-order valence-electron chi connectivity index (χ1n) is 5.63. The van der Waals surface area contributed by atoms with Gasteiger partial charge >= 0.3 is 0 Å². The van der Waals surface area contributed by atoms with Crippen molar-refractivity contribution < 1.29 is 0 Å². The van der Waals surface area contributed by atoms with Gasteiger partial charge in [0.05, 0.1) is 0 Å². The van der Waals surface area contributed by atoms with E-state index < -0.39 is 0 Å². The van der Waals surface area contributed by atoms with Crippen molar-refractivity contribution in [2.45, 2.75) is 39.3 Å². The number of halogens is 1. The van der Waals surface area contributed by atoms with Gasteiger partial charge in [-0.15, -0.1) is 0 Å². The zero-order valence-electron chi connectivity index (χ0n) is 9.39. The van der Waals surface area contributed by atoms with E-state index >= 15 is 0 Å². The van der Waals surface area contributed by atoms with Crippen LogP contribution in [0.15, 0.2) is 22.7 Å². The Morgan fingerprint density at radius 1 is 1.40 bits per heavy atom. The predicted octanol–water partition coefficient (Wildman–Crippen LogP) is 3.65. The van der Waals surface area contributed by atoms with Gasteiger partial charge in [0.25, 0.3) is 0 Å². The number of nitrogens with one attached hydrogen (secondary N) is 1. The summed E-state index contributed by atoms with van der Waals surface area (Å²) in [5, 5.41) is 3.59. The zero-order valence-corrected chi connectivity index (χ0v) is 11.0. The number of rotatable bonds is 3. The molecule has 1 nitrogen and oxygen atoms in total. The van der Waals surface area contributed by atoms with Crippen molar-refractivity contribution >= 4 is 15.9 Å². The molecule has 1 aliphatic rings. The van der Waals surface area contributed by atoms with Crippen LogP contribution in [-0.4, -0.2) is 6.04 Å². The molecule has 1 N–H and O–H groups in total. The van der Waals surface area contributed by atoms with Crippen LogP contribution in [0.3, 0.4) is 0 Å². The summed E-state index contributed by atoms with van der Waals surface area (Å²) < 4.78 is 1.21. The maximum Gasteiger partial charge on any atom is 0.0208 e. The standard InChI is InChI=1S/C13H18BrN/c1-9-5-12(6-9)15-8-11-4-3-10(2)13(14)7-11/h3-4,7,9,12,15H,5-6,8H2,1-2H3. The summed E-state index contributed by atoms with van der Waals surface area (Å²) in [6, 6.07) is 7.34. The Balaban J connectivity index is 1.86. The van der Waals surface area contributed by atoms with Crippen molar-refractivity contribution in [3.8, 4) is 0 Å². The van der Waals surface area contributed by atoms with Gasteiger partial charge in [0.2, 0.25) is 0 Å². The maximum absolute atomic E-state index is 3.59. The third-order valence-electron chi connectivity index (χ3n) is 3.20. The zero-order chi connectivity index (χ0) is 10.8. The minimum Gasteiger partial charge on any atom is -0.310 e. The van der Waals surface area contributed by atoms with Crippen LogP contribution in [0.5, 0.6) is 0 Å². The third-order valence-corrected chi connectivity index (χ3v) is 4.06. The van der Waals surface area contributed by atoms with Gasteiger partial charge in [0.15, 0.2) is 0 Å². The van der Waals surface area contributed by atoms with Crippen LogP contribution in [0, 0.1) is 12.8 Å². The molecule has 2 heteroatoms. The molecule has 2 rings (SSSR count). The van der Waals surface area contributed by atoms with Gasteiger partial charge in [0, 0.05) is 17.1 Å². The van der Waals surface area contributed by atoms with Crippen molar-refractivity contribution in [2.75, 3.05) is 0 Å². The summed E-state index contributed by atoms with van der Waals surface area (Å²) in [6.07, 6.45) is 2.68. The normalized spacial score (nSPS) is 25.0. The lowest BCUT2D eigenvalue weighted by molar-refractivity contribution is 0.240. The second-order valence-electron chi connectivity index (χ2n) is 4.74. The largest absolute Gasteiger partial charge is 0.310 e. The average molecular weight is 268 g/mol. The Kier molecular flexibility index (Phi) is 3.47. The monoisotopic (exact) mass is 267 g/mol. The Morgan fingerprint density at radius 2 is 2.13 bits per heavy atom. The van der Waals surface area contributed by atoms with Crippen molar-refractivity contribution in [1.82, 2.24) is 5.32 Å². The molecule has 0 heterocycles. The SMILES string of the molecule is Cc1ccc(CNC2CC(C)C2)cc1Br. The smallest absolute Gasteiger partial charge is 0.0208 e. The van der Waals surface area contributed by atoms with Gasteiger partial charge in [-0.25, -0.2) is 0 Å². The molecule has 1 saturated carbocycles. The molecule has 0 aliphatic heterocycles. The number of hydrogen-bond donors (Lipinski definition) is 1. The summed E-state index contributed by atoms with van der Waals surface area (Å²) in [6.45, 7) is 5.44. The summed E-state index contributed by atoms with van der Waals surface area (Å²) in [5.74, 6) is 0.923. The van der Waals surface area contributed by atoms with Crippen molar-refractivity contribution in [3.05, 3.63) is 33.8 Å². The number of hydrogen-bond acceptors (Lipinski definition) is 1. The van der Waals surface area contributed by atoms with Crippen LogP contribution >= 0.6 is 15.9 Å². The van der Waals surface area contributed by atoms with Gasteiger partial charge in [0.1, 0.15) is 0 Å². The summed E-state index contributed by atoms with van der Waals surface area (Å²) >= 11 is 3.57. The van der Waals surface area contributed by atoms with Crippen molar-refractivity contribution in [2.24, 2.45) is 5.92 Å². The number of aryl methyl sites for hydroxylation is 1. The van der Waals surface area contributed by atoms with Crippen LogP contribution < -0.4 is 5.32 Å². The van der Waals surface area contributed by atoms with E-state index in [2.05, 4.69) is 53.3 Å². The topological polar surface area (TPSA) is 12.0 Å². The van der Waals surface area contributed by atoms with Crippen LogP contribution in [0.2, 0.25) is 0 Å². The van der Waals surface area contributed by atoms with Gasteiger partial charge in [-0.2, -0.15) is 0 Å². The molecule has 0 spiro atoms. The summed E-state index contributed by atoms with van der Waals surface area (Å²) in [4.78, 5) is 0. The fourth-order valence-corrected chi connectivity index (χ4v) is 2.50. The Hall–Kier alpha value is -0.340. The van der Waals surface area contributed by atoms with Crippen LogP contribution in [-0.2, 0) is 6.54 Å². The van der Waals surface area contributed by atoms with Crippen molar-refractivity contribution in [3.63, 3.8) is 0 Å². The molecule has 0 amide bonds. The molecule has 1 aromatic carbocycles. The van der Waals surface area contributed by atoms with E-state index in [1.165, 1.54) is 28.4 Å². The van der Waals surface area contributed by atoms with E-state index in [1.54, 1.807) is 0 Å². The molecule has 1 fully saturated rings. The predicted molar refractivity (Wildman–Crippen MR) is 67.9 cm³/mol. The number of benzene rings is 1. The highest BCUT2D eigenvalue weighted by Gasteiger charge is 2.24.